The second-order valence-electron chi connectivity index (χ2n) is 6.25. The fraction of sp³-hybridized carbons (Fsp3) is 0.300. The number of hydrogen-bond acceptors (Lipinski definition) is 3. The number of para-hydroxylation sites is 1. The van der Waals surface area contributed by atoms with Gasteiger partial charge in [-0.15, -0.1) is 0 Å². The molecule has 2 aromatic carbocycles. The first kappa shape index (κ1) is 18.3. The molecule has 0 bridgehead atoms. The lowest BCUT2D eigenvalue weighted by Crippen LogP contribution is -2.46. The molecule has 1 heterocycles. The molecule has 2 aromatic rings. The lowest BCUT2D eigenvalue weighted by atomic mass is 9.89. The van der Waals surface area contributed by atoms with Gasteiger partial charge in [-0.2, -0.15) is 0 Å². The Morgan fingerprint density at radius 2 is 1.92 bits per heavy atom. The van der Waals surface area contributed by atoms with Crippen LogP contribution in [0.15, 0.2) is 48.5 Å². The number of carbonyl (C=O) groups is 2. The number of nitrogens with zero attached hydrogens (tertiary/aromatic N) is 1. The van der Waals surface area contributed by atoms with Gasteiger partial charge in [0.2, 0.25) is 0 Å². The Labute approximate surface area is 157 Å². The molecular formula is C20H20ClNO4. The number of rotatable bonds is 5. The van der Waals surface area contributed by atoms with Crippen LogP contribution in [0, 0.1) is 0 Å². The molecule has 26 heavy (non-hydrogen) atoms. The average Bonchev–Trinajstić information content (AvgIpc) is 2.65. The Hall–Kier alpha value is -2.53. The zero-order chi connectivity index (χ0) is 18.7. The first-order valence-corrected chi connectivity index (χ1v) is 8.89. The highest BCUT2D eigenvalue weighted by atomic mass is 35.5. The van der Waals surface area contributed by atoms with Crippen LogP contribution in [-0.4, -0.2) is 34.5 Å². The van der Waals surface area contributed by atoms with Crippen molar-refractivity contribution in [2.24, 2.45) is 0 Å². The Kier molecular flexibility index (Phi) is 5.47. The number of ether oxygens (including phenoxy) is 1. The third kappa shape index (κ3) is 3.68. The predicted octanol–water partition coefficient (Wildman–Crippen LogP) is 3.71. The van der Waals surface area contributed by atoms with Gasteiger partial charge in [0.25, 0.3) is 5.91 Å². The van der Waals surface area contributed by atoms with Gasteiger partial charge >= 0.3 is 5.97 Å². The molecule has 2 unspecified atom stereocenters. The minimum absolute atomic E-state index is 0.133. The zero-order valence-electron chi connectivity index (χ0n) is 14.4. The maximum Gasteiger partial charge on any atom is 0.312 e. The molecule has 3 rings (SSSR count). The van der Waals surface area contributed by atoms with Gasteiger partial charge < -0.3 is 14.7 Å². The van der Waals surface area contributed by atoms with Crippen LogP contribution in [0.5, 0.6) is 5.75 Å². The monoisotopic (exact) mass is 373 g/mol. The summed E-state index contributed by atoms with van der Waals surface area (Å²) in [6.45, 7) is 2.36. The highest BCUT2D eigenvalue weighted by Crippen LogP contribution is 2.30. The lowest BCUT2D eigenvalue weighted by Gasteiger charge is -2.34. The summed E-state index contributed by atoms with van der Waals surface area (Å²) in [6.07, 6.45) is -0.255. The molecule has 0 spiro atoms. The number of carboxylic acids is 1. The van der Waals surface area contributed by atoms with Gasteiger partial charge in [0.15, 0.2) is 6.10 Å². The average molecular weight is 374 g/mol. The van der Waals surface area contributed by atoms with Crippen molar-refractivity contribution in [3.05, 3.63) is 64.7 Å². The van der Waals surface area contributed by atoms with Gasteiger partial charge in [0.05, 0.1) is 10.9 Å². The molecule has 136 valence electrons. The predicted molar refractivity (Wildman–Crippen MR) is 98.4 cm³/mol. The summed E-state index contributed by atoms with van der Waals surface area (Å²) >= 11 is 6.12. The zero-order valence-corrected chi connectivity index (χ0v) is 15.1. The van der Waals surface area contributed by atoms with Gasteiger partial charge in [-0.1, -0.05) is 54.9 Å². The van der Waals surface area contributed by atoms with E-state index in [-0.39, 0.29) is 12.5 Å². The van der Waals surface area contributed by atoms with E-state index in [9.17, 15) is 14.7 Å². The quantitative estimate of drug-likeness (QED) is 0.867. The van der Waals surface area contributed by atoms with Crippen LogP contribution in [0.1, 0.15) is 30.4 Å². The summed E-state index contributed by atoms with van der Waals surface area (Å²) in [5.74, 6) is -1.45. The Balaban J connectivity index is 1.82. The summed E-state index contributed by atoms with van der Waals surface area (Å²) in [4.78, 5) is 26.2. The third-order valence-electron chi connectivity index (χ3n) is 4.56. The van der Waals surface area contributed by atoms with Crippen LogP contribution in [0.25, 0.3) is 0 Å². The first-order chi connectivity index (χ1) is 12.5. The number of benzene rings is 2. The molecule has 0 saturated heterocycles. The minimum atomic E-state index is -0.935. The van der Waals surface area contributed by atoms with E-state index in [0.717, 1.165) is 11.1 Å². The van der Waals surface area contributed by atoms with E-state index in [2.05, 4.69) is 0 Å². The summed E-state index contributed by atoms with van der Waals surface area (Å²) in [5, 5.41) is 10.0. The van der Waals surface area contributed by atoms with Crippen molar-refractivity contribution < 1.29 is 19.4 Å². The fourth-order valence-corrected chi connectivity index (χ4v) is 3.37. The smallest absolute Gasteiger partial charge is 0.312 e. The first-order valence-electron chi connectivity index (χ1n) is 8.51. The van der Waals surface area contributed by atoms with Crippen molar-refractivity contribution in [2.45, 2.75) is 31.9 Å². The number of halogens is 1. The summed E-state index contributed by atoms with van der Waals surface area (Å²) < 4.78 is 5.82. The fourth-order valence-electron chi connectivity index (χ4n) is 3.19. The molecule has 1 amide bonds. The van der Waals surface area contributed by atoms with Gasteiger partial charge in [0.1, 0.15) is 5.75 Å². The summed E-state index contributed by atoms with van der Waals surface area (Å²) in [5.41, 5.74) is 1.62. The second kappa shape index (κ2) is 7.79. The Morgan fingerprint density at radius 1 is 1.23 bits per heavy atom. The number of carboxylic acid groups (broad SMARTS) is 1. The van der Waals surface area contributed by atoms with Crippen LogP contribution >= 0.6 is 11.6 Å². The van der Waals surface area contributed by atoms with Gasteiger partial charge in [-0.25, -0.2) is 0 Å². The van der Waals surface area contributed by atoms with Crippen molar-refractivity contribution in [1.82, 2.24) is 4.90 Å². The molecule has 0 radical (unpaired) electrons. The Morgan fingerprint density at radius 3 is 2.62 bits per heavy atom. The molecule has 1 aliphatic heterocycles. The highest BCUT2D eigenvalue weighted by molar-refractivity contribution is 6.32. The molecule has 0 aromatic heterocycles. The summed E-state index contributed by atoms with van der Waals surface area (Å²) in [7, 11) is 0. The molecule has 2 atom stereocenters. The number of fused-ring (bicyclic) bond motifs is 1. The molecule has 5 nitrogen and oxygen atoms in total. The standard InChI is InChI=1S/C20H20ClNO4/c1-2-17(26-18-10-6-5-9-16(18)21)19(23)22-11-13-7-3-4-8-14(13)15(12-22)20(24)25/h3-10,15,17H,2,11-12H2,1H3,(H,24,25). The number of amides is 1. The van der Waals surface area contributed by atoms with Crippen molar-refractivity contribution >= 4 is 23.5 Å². The normalized spacial score (nSPS) is 17.3. The number of hydrogen-bond donors (Lipinski definition) is 1. The van der Waals surface area contributed by atoms with Gasteiger partial charge in [-0.3, -0.25) is 9.59 Å². The van der Waals surface area contributed by atoms with Gasteiger partial charge in [0, 0.05) is 13.1 Å². The maximum absolute atomic E-state index is 13.0. The third-order valence-corrected chi connectivity index (χ3v) is 4.87. The number of carbonyl (C=O) groups excluding carboxylic acids is 1. The molecular weight excluding hydrogens is 354 g/mol. The van der Waals surface area contributed by atoms with Crippen molar-refractivity contribution in [1.29, 1.82) is 0 Å². The van der Waals surface area contributed by atoms with E-state index in [1.54, 1.807) is 29.2 Å². The van der Waals surface area contributed by atoms with Crippen LogP contribution in [0.4, 0.5) is 0 Å². The molecule has 0 fully saturated rings. The van der Waals surface area contributed by atoms with Crippen molar-refractivity contribution in [2.75, 3.05) is 6.54 Å². The second-order valence-corrected chi connectivity index (χ2v) is 6.66. The molecule has 6 heteroatoms. The number of aliphatic carboxylic acids is 1. The minimum Gasteiger partial charge on any atom is -0.481 e. The van der Waals surface area contributed by atoms with E-state index in [0.29, 0.717) is 23.7 Å². The maximum atomic E-state index is 13.0. The van der Waals surface area contributed by atoms with E-state index in [1.165, 1.54) is 0 Å². The van der Waals surface area contributed by atoms with E-state index in [1.807, 2.05) is 31.2 Å². The summed E-state index contributed by atoms with van der Waals surface area (Å²) in [6, 6.07) is 14.3. The van der Waals surface area contributed by atoms with Crippen molar-refractivity contribution in [3.8, 4) is 5.75 Å². The molecule has 1 N–H and O–H groups in total. The topological polar surface area (TPSA) is 66.8 Å². The molecule has 0 saturated carbocycles. The molecule has 0 aliphatic carbocycles. The molecule has 1 aliphatic rings. The van der Waals surface area contributed by atoms with E-state index in [4.69, 9.17) is 16.3 Å². The SMILES string of the molecule is CCC(Oc1ccccc1Cl)C(=O)N1Cc2ccccc2C(C(=O)O)C1. The van der Waals surface area contributed by atoms with Gasteiger partial charge in [-0.05, 0) is 29.7 Å². The van der Waals surface area contributed by atoms with Crippen LogP contribution in [-0.2, 0) is 16.1 Å². The van der Waals surface area contributed by atoms with E-state index >= 15 is 0 Å². The largest absolute Gasteiger partial charge is 0.481 e. The lowest BCUT2D eigenvalue weighted by molar-refractivity contribution is -0.144. The highest BCUT2D eigenvalue weighted by Gasteiger charge is 2.35. The van der Waals surface area contributed by atoms with Crippen LogP contribution in [0.3, 0.4) is 0 Å². The van der Waals surface area contributed by atoms with Crippen molar-refractivity contribution in [3.63, 3.8) is 0 Å². The van der Waals surface area contributed by atoms with Crippen LogP contribution in [0.2, 0.25) is 5.02 Å². The van der Waals surface area contributed by atoms with Crippen LogP contribution < -0.4 is 4.74 Å². The van der Waals surface area contributed by atoms with E-state index < -0.39 is 18.0 Å². The Bertz CT molecular complexity index is 823.